The van der Waals surface area contributed by atoms with Gasteiger partial charge in [-0.05, 0) is 24.5 Å². The highest BCUT2D eigenvalue weighted by molar-refractivity contribution is 7.13. The highest BCUT2D eigenvalue weighted by Crippen LogP contribution is 2.32. The van der Waals surface area contributed by atoms with Crippen LogP contribution in [0.4, 0.5) is 0 Å². The Morgan fingerprint density at radius 1 is 1.26 bits per heavy atom. The maximum Gasteiger partial charge on any atom is 0.243 e. The minimum Gasteiger partial charge on any atom is -0.492 e. The number of thiazole rings is 1. The molecule has 9 nitrogen and oxygen atoms in total. The zero-order valence-corrected chi connectivity index (χ0v) is 23.7. The normalized spacial score (nSPS) is 21.1. The number of amides is 2. The lowest BCUT2D eigenvalue weighted by Crippen LogP contribution is -2.48. The van der Waals surface area contributed by atoms with Gasteiger partial charge in [0.1, 0.15) is 18.4 Å². The molecule has 3 heterocycles. The third kappa shape index (κ3) is 6.91. The van der Waals surface area contributed by atoms with Gasteiger partial charge in [0.15, 0.2) is 0 Å². The second-order valence-corrected chi connectivity index (χ2v) is 11.5. The number of ether oxygens (including phenoxy) is 1. The summed E-state index contributed by atoms with van der Waals surface area (Å²) in [6.07, 6.45) is -0.445. The summed E-state index contributed by atoms with van der Waals surface area (Å²) in [7, 11) is 0. The van der Waals surface area contributed by atoms with Crippen molar-refractivity contribution in [3.05, 3.63) is 35.0 Å². The average molecular weight is 544 g/mol. The van der Waals surface area contributed by atoms with E-state index in [4.69, 9.17) is 4.74 Å². The van der Waals surface area contributed by atoms with E-state index >= 15 is 0 Å². The fourth-order valence-corrected chi connectivity index (χ4v) is 5.73. The summed E-state index contributed by atoms with van der Waals surface area (Å²) in [4.78, 5) is 35.6. The molecule has 2 fully saturated rings. The van der Waals surface area contributed by atoms with Crippen molar-refractivity contribution < 1.29 is 19.4 Å². The molecule has 1 aromatic heterocycles. The number of benzene rings is 1. The van der Waals surface area contributed by atoms with E-state index in [0.717, 1.165) is 60.2 Å². The molecule has 2 aliphatic heterocycles. The van der Waals surface area contributed by atoms with E-state index in [0.29, 0.717) is 6.61 Å². The van der Waals surface area contributed by atoms with Gasteiger partial charge in [0.25, 0.3) is 0 Å². The summed E-state index contributed by atoms with van der Waals surface area (Å²) in [5, 5.41) is 16.6. The molecule has 2 aliphatic rings. The van der Waals surface area contributed by atoms with E-state index < -0.39 is 12.1 Å². The van der Waals surface area contributed by atoms with Crippen molar-refractivity contribution in [2.75, 3.05) is 45.9 Å². The smallest absolute Gasteiger partial charge is 0.243 e. The van der Waals surface area contributed by atoms with Crippen LogP contribution in [0.2, 0.25) is 0 Å². The topological polar surface area (TPSA) is 107 Å². The van der Waals surface area contributed by atoms with Gasteiger partial charge in [-0.1, -0.05) is 32.9 Å². The van der Waals surface area contributed by atoms with Gasteiger partial charge in [-0.25, -0.2) is 4.98 Å². The molecule has 0 bridgehead atoms. The lowest BCUT2D eigenvalue weighted by atomic mass is 9.96. The van der Waals surface area contributed by atoms with Crippen LogP contribution < -0.4 is 15.4 Å². The molecule has 0 aliphatic carbocycles. The Bertz CT molecular complexity index is 1100. The largest absolute Gasteiger partial charge is 0.492 e. The first-order chi connectivity index (χ1) is 18.2. The quantitative estimate of drug-likeness (QED) is 0.422. The Labute approximate surface area is 229 Å². The Morgan fingerprint density at radius 2 is 2.03 bits per heavy atom. The molecule has 2 amide bonds. The summed E-state index contributed by atoms with van der Waals surface area (Å²) < 4.78 is 6.28. The zero-order valence-electron chi connectivity index (χ0n) is 22.9. The van der Waals surface area contributed by atoms with Gasteiger partial charge in [0.05, 0.1) is 22.2 Å². The van der Waals surface area contributed by atoms with E-state index in [1.54, 1.807) is 16.2 Å². The third-order valence-electron chi connectivity index (χ3n) is 7.66. The van der Waals surface area contributed by atoms with Crippen molar-refractivity contribution in [2.45, 2.75) is 52.8 Å². The van der Waals surface area contributed by atoms with E-state index in [1.807, 2.05) is 51.4 Å². The molecule has 1 aromatic carbocycles. The zero-order chi connectivity index (χ0) is 27.2. The number of β-amino-alcohol motifs (C(OH)–C–C–N with tert-alkyl or cyclic N) is 1. The Morgan fingerprint density at radius 3 is 2.71 bits per heavy atom. The van der Waals surface area contributed by atoms with Gasteiger partial charge >= 0.3 is 0 Å². The van der Waals surface area contributed by atoms with Crippen LogP contribution in [0.15, 0.2) is 23.7 Å². The summed E-state index contributed by atoms with van der Waals surface area (Å²) in [5.74, 6) is 0.344. The van der Waals surface area contributed by atoms with E-state index in [2.05, 4.69) is 20.5 Å². The standard InChI is InChI=1S/C28H41N5O4S/c1-18(2)19(3)28(36)33-16-23(34)14-24(33)27(35)30-15-22-6-5-21(26-20(4)31-17-38-26)13-25(22)37-12-11-32-9-7-29-8-10-32/h5-6,13,17-19,23-24,29,34H,7-12,14-16H2,1-4H3,(H,30,35). The van der Waals surface area contributed by atoms with Crippen molar-refractivity contribution >= 4 is 23.2 Å². The van der Waals surface area contributed by atoms with Crippen LogP contribution in [0.25, 0.3) is 10.4 Å². The van der Waals surface area contributed by atoms with Crippen molar-refractivity contribution in [2.24, 2.45) is 11.8 Å². The maximum absolute atomic E-state index is 13.2. The average Bonchev–Trinajstić information content (AvgIpc) is 3.52. The molecule has 3 N–H and O–H groups in total. The van der Waals surface area contributed by atoms with E-state index in [1.165, 1.54) is 0 Å². The molecule has 0 saturated carbocycles. The van der Waals surface area contributed by atoms with Gasteiger partial charge in [-0.15, -0.1) is 11.3 Å². The van der Waals surface area contributed by atoms with Gasteiger partial charge in [0, 0.05) is 63.7 Å². The third-order valence-corrected chi connectivity index (χ3v) is 8.63. The fourth-order valence-electron chi connectivity index (χ4n) is 4.93. The Kier molecular flexibility index (Phi) is 9.75. The number of carbonyl (C=O) groups is 2. The second-order valence-electron chi connectivity index (χ2n) is 10.7. The first kappa shape index (κ1) is 28.5. The first-order valence-electron chi connectivity index (χ1n) is 13.6. The molecule has 38 heavy (non-hydrogen) atoms. The number of aliphatic hydroxyl groups excluding tert-OH is 1. The maximum atomic E-state index is 13.2. The number of nitrogens with zero attached hydrogens (tertiary/aromatic N) is 3. The second kappa shape index (κ2) is 13.0. The van der Waals surface area contributed by atoms with E-state index in [9.17, 15) is 14.7 Å². The number of rotatable bonds is 10. The van der Waals surface area contributed by atoms with Crippen LogP contribution in [0.1, 0.15) is 38.4 Å². The number of nitrogens with one attached hydrogen (secondary N) is 2. The molecule has 2 saturated heterocycles. The Balaban J connectivity index is 1.45. The van der Waals surface area contributed by atoms with Crippen molar-refractivity contribution in [1.82, 2.24) is 25.4 Å². The lowest BCUT2D eigenvalue weighted by Gasteiger charge is -2.28. The predicted molar refractivity (Wildman–Crippen MR) is 149 cm³/mol. The van der Waals surface area contributed by atoms with Crippen LogP contribution in [-0.2, 0) is 16.1 Å². The number of aryl methyl sites for hydroxylation is 1. The van der Waals surface area contributed by atoms with Crippen molar-refractivity contribution in [3.8, 4) is 16.2 Å². The van der Waals surface area contributed by atoms with Crippen LogP contribution >= 0.6 is 11.3 Å². The van der Waals surface area contributed by atoms with Gasteiger partial charge in [0.2, 0.25) is 11.8 Å². The molecule has 2 aromatic rings. The number of aromatic nitrogens is 1. The molecule has 3 unspecified atom stereocenters. The van der Waals surface area contributed by atoms with E-state index in [-0.39, 0.29) is 43.2 Å². The SMILES string of the molecule is Cc1ncsc1-c1ccc(CNC(=O)C2CC(O)CN2C(=O)C(C)C(C)C)c(OCCN2CCNCC2)c1. The monoisotopic (exact) mass is 543 g/mol. The number of aliphatic hydroxyl groups is 1. The number of hydrogen-bond acceptors (Lipinski definition) is 8. The summed E-state index contributed by atoms with van der Waals surface area (Å²) >= 11 is 1.59. The van der Waals surface area contributed by atoms with Gasteiger partial charge in [-0.2, -0.15) is 0 Å². The van der Waals surface area contributed by atoms with Crippen molar-refractivity contribution in [1.29, 1.82) is 0 Å². The first-order valence-corrected chi connectivity index (χ1v) is 14.5. The summed E-state index contributed by atoms with van der Waals surface area (Å²) in [5.41, 5.74) is 4.72. The number of hydrogen-bond donors (Lipinski definition) is 3. The molecular formula is C28H41N5O4S. The fraction of sp³-hybridized carbons (Fsp3) is 0.607. The van der Waals surface area contributed by atoms with Crippen molar-refractivity contribution in [3.63, 3.8) is 0 Å². The summed E-state index contributed by atoms with van der Waals surface area (Å²) in [6.45, 7) is 13.7. The number of likely N-dealkylation sites (tertiary alicyclic amines) is 1. The molecular weight excluding hydrogens is 502 g/mol. The Hall–Kier alpha value is -2.53. The van der Waals surface area contributed by atoms with Crippen LogP contribution in [0.3, 0.4) is 0 Å². The molecule has 4 rings (SSSR count). The highest BCUT2D eigenvalue weighted by Gasteiger charge is 2.40. The minimum atomic E-state index is -0.695. The predicted octanol–water partition coefficient (Wildman–Crippen LogP) is 2.27. The van der Waals surface area contributed by atoms with Crippen LogP contribution in [0.5, 0.6) is 5.75 Å². The molecule has 10 heteroatoms. The number of piperazine rings is 1. The van der Waals surface area contributed by atoms with Gasteiger partial charge in [-0.3, -0.25) is 14.5 Å². The summed E-state index contributed by atoms with van der Waals surface area (Å²) in [6, 6.07) is 5.38. The lowest BCUT2D eigenvalue weighted by molar-refractivity contribution is -0.142. The molecule has 208 valence electrons. The highest BCUT2D eigenvalue weighted by atomic mass is 32.1. The molecule has 3 atom stereocenters. The number of carbonyl (C=O) groups excluding carboxylic acids is 2. The van der Waals surface area contributed by atoms with Gasteiger partial charge < -0.3 is 25.4 Å². The minimum absolute atomic E-state index is 0.0853. The van der Waals surface area contributed by atoms with Crippen LogP contribution in [-0.4, -0.2) is 89.7 Å². The molecule has 0 spiro atoms. The van der Waals surface area contributed by atoms with Crippen LogP contribution in [0, 0.1) is 18.8 Å². The molecule has 0 radical (unpaired) electrons.